The summed E-state index contributed by atoms with van der Waals surface area (Å²) in [6.07, 6.45) is 2.29. The molecule has 1 N–H and O–H groups in total. The summed E-state index contributed by atoms with van der Waals surface area (Å²) in [5, 5.41) is 2.80. The number of nitrogens with one attached hydrogen (secondary N) is 1. The van der Waals surface area contributed by atoms with Crippen LogP contribution < -0.4 is 10.2 Å². The first kappa shape index (κ1) is 15.3. The summed E-state index contributed by atoms with van der Waals surface area (Å²) < 4.78 is 5.10. The average molecular weight is 312 g/mol. The smallest absolute Gasteiger partial charge is 0.287 e. The molecule has 0 unspecified atom stereocenters. The van der Waals surface area contributed by atoms with Crippen molar-refractivity contribution in [1.29, 1.82) is 0 Å². The molecule has 120 valence electrons. The zero-order chi connectivity index (χ0) is 16.4. The second-order valence-electron chi connectivity index (χ2n) is 6.04. The van der Waals surface area contributed by atoms with Gasteiger partial charge in [0, 0.05) is 12.2 Å². The Morgan fingerprint density at radius 3 is 2.65 bits per heavy atom. The molecule has 1 atom stereocenters. The van der Waals surface area contributed by atoms with Crippen LogP contribution in [0.3, 0.4) is 0 Å². The first-order valence-corrected chi connectivity index (χ1v) is 7.81. The van der Waals surface area contributed by atoms with Crippen LogP contribution in [0.15, 0.2) is 47.1 Å². The number of rotatable bonds is 4. The molecule has 0 radical (unpaired) electrons. The van der Waals surface area contributed by atoms with Gasteiger partial charge in [0.1, 0.15) is 6.04 Å². The number of nitrogens with zero attached hydrogens (tertiary/aromatic N) is 1. The molecule has 2 aromatic rings. The van der Waals surface area contributed by atoms with Crippen molar-refractivity contribution in [3.8, 4) is 0 Å². The topological polar surface area (TPSA) is 62.6 Å². The standard InChI is InChI=1S/C18H20N2O3/c1-12(2)16(19-17(21)15-8-5-11-23-15)18(22)20-10-9-13-6-3-4-7-14(13)20/h3-8,11-12,16H,9-10H2,1-2H3,(H,19,21)/t16-/m1/s1. The third kappa shape index (κ3) is 2.99. The summed E-state index contributed by atoms with van der Waals surface area (Å²) in [7, 11) is 0. The van der Waals surface area contributed by atoms with Crippen LogP contribution in [0, 0.1) is 5.92 Å². The van der Waals surface area contributed by atoms with Crippen LogP contribution in [-0.4, -0.2) is 24.4 Å². The molecule has 0 saturated carbocycles. The highest BCUT2D eigenvalue weighted by atomic mass is 16.3. The van der Waals surface area contributed by atoms with Gasteiger partial charge < -0.3 is 14.6 Å². The minimum absolute atomic E-state index is 0.0193. The number of hydrogen-bond acceptors (Lipinski definition) is 3. The first-order valence-electron chi connectivity index (χ1n) is 7.81. The van der Waals surface area contributed by atoms with Gasteiger partial charge in [0.05, 0.1) is 6.26 Å². The van der Waals surface area contributed by atoms with Gasteiger partial charge in [-0.15, -0.1) is 0 Å². The van der Waals surface area contributed by atoms with Crippen LogP contribution in [0.25, 0.3) is 0 Å². The lowest BCUT2D eigenvalue weighted by atomic mass is 10.0. The lowest BCUT2D eigenvalue weighted by molar-refractivity contribution is -0.121. The van der Waals surface area contributed by atoms with Gasteiger partial charge >= 0.3 is 0 Å². The van der Waals surface area contributed by atoms with Crippen molar-refractivity contribution in [1.82, 2.24) is 5.32 Å². The summed E-state index contributed by atoms with van der Waals surface area (Å²) in [4.78, 5) is 26.9. The SMILES string of the molecule is CC(C)[C@@H](NC(=O)c1ccco1)C(=O)N1CCc2ccccc21. The van der Waals surface area contributed by atoms with E-state index < -0.39 is 6.04 Å². The van der Waals surface area contributed by atoms with Crippen molar-refractivity contribution in [3.05, 3.63) is 54.0 Å². The van der Waals surface area contributed by atoms with Crippen molar-refractivity contribution in [2.75, 3.05) is 11.4 Å². The molecule has 2 heterocycles. The highest BCUT2D eigenvalue weighted by Gasteiger charge is 2.33. The van der Waals surface area contributed by atoms with Gasteiger partial charge in [0.15, 0.2) is 5.76 Å². The molecule has 0 bridgehead atoms. The van der Waals surface area contributed by atoms with Gasteiger partial charge in [-0.1, -0.05) is 32.0 Å². The molecular formula is C18H20N2O3. The number of benzene rings is 1. The summed E-state index contributed by atoms with van der Waals surface area (Å²) >= 11 is 0. The van der Waals surface area contributed by atoms with E-state index in [1.54, 1.807) is 17.0 Å². The van der Waals surface area contributed by atoms with E-state index in [0.717, 1.165) is 12.1 Å². The number of anilines is 1. The zero-order valence-corrected chi connectivity index (χ0v) is 13.3. The molecule has 1 aromatic carbocycles. The molecule has 23 heavy (non-hydrogen) atoms. The highest BCUT2D eigenvalue weighted by Crippen LogP contribution is 2.28. The molecule has 5 nitrogen and oxygen atoms in total. The van der Waals surface area contributed by atoms with Crippen molar-refractivity contribution < 1.29 is 14.0 Å². The minimum atomic E-state index is -0.584. The Labute approximate surface area is 135 Å². The Morgan fingerprint density at radius 2 is 1.96 bits per heavy atom. The molecule has 5 heteroatoms. The van der Waals surface area contributed by atoms with Crippen LogP contribution in [0.5, 0.6) is 0 Å². The quantitative estimate of drug-likeness (QED) is 0.944. The van der Waals surface area contributed by atoms with Crippen LogP contribution in [0.1, 0.15) is 30.0 Å². The summed E-state index contributed by atoms with van der Waals surface area (Å²) in [5.41, 5.74) is 2.11. The van der Waals surface area contributed by atoms with Gasteiger partial charge in [0.25, 0.3) is 5.91 Å². The molecule has 3 rings (SSSR count). The molecule has 1 aliphatic heterocycles. The fourth-order valence-corrected chi connectivity index (χ4v) is 2.87. The molecule has 0 fully saturated rings. The number of furan rings is 1. The van der Waals surface area contributed by atoms with E-state index in [2.05, 4.69) is 5.32 Å². The molecule has 0 spiro atoms. The number of fused-ring (bicyclic) bond motifs is 1. The van der Waals surface area contributed by atoms with E-state index in [1.807, 2.05) is 38.1 Å². The second kappa shape index (κ2) is 6.28. The maximum Gasteiger partial charge on any atom is 0.287 e. The second-order valence-corrected chi connectivity index (χ2v) is 6.04. The highest BCUT2D eigenvalue weighted by molar-refractivity contribution is 6.02. The summed E-state index contributed by atoms with van der Waals surface area (Å²) in [5.74, 6) is -0.251. The average Bonchev–Trinajstić information content (AvgIpc) is 3.20. The number of para-hydroxylation sites is 1. The molecule has 1 aliphatic rings. The Hall–Kier alpha value is -2.56. The summed E-state index contributed by atoms with van der Waals surface area (Å²) in [6, 6.07) is 10.5. The van der Waals surface area contributed by atoms with Crippen LogP contribution in [-0.2, 0) is 11.2 Å². The maximum absolute atomic E-state index is 12.9. The minimum Gasteiger partial charge on any atom is -0.459 e. The normalized spacial score (nSPS) is 14.7. The zero-order valence-electron chi connectivity index (χ0n) is 13.3. The van der Waals surface area contributed by atoms with Gasteiger partial charge in [-0.2, -0.15) is 0 Å². The van der Waals surface area contributed by atoms with E-state index in [4.69, 9.17) is 4.42 Å². The van der Waals surface area contributed by atoms with E-state index in [9.17, 15) is 9.59 Å². The van der Waals surface area contributed by atoms with Gasteiger partial charge in [-0.05, 0) is 36.1 Å². The van der Waals surface area contributed by atoms with Crippen molar-refractivity contribution in [3.63, 3.8) is 0 Å². The molecule has 0 aliphatic carbocycles. The third-order valence-electron chi connectivity index (χ3n) is 4.12. The monoisotopic (exact) mass is 312 g/mol. The summed E-state index contributed by atoms with van der Waals surface area (Å²) in [6.45, 7) is 4.50. The van der Waals surface area contributed by atoms with Crippen molar-refractivity contribution >= 4 is 17.5 Å². The number of amides is 2. The largest absolute Gasteiger partial charge is 0.459 e. The van der Waals surface area contributed by atoms with Crippen LogP contribution >= 0.6 is 0 Å². The van der Waals surface area contributed by atoms with Gasteiger partial charge in [-0.25, -0.2) is 0 Å². The van der Waals surface area contributed by atoms with Gasteiger partial charge in [0.2, 0.25) is 5.91 Å². The van der Waals surface area contributed by atoms with E-state index in [0.29, 0.717) is 6.54 Å². The molecular weight excluding hydrogens is 292 g/mol. The van der Waals surface area contributed by atoms with E-state index >= 15 is 0 Å². The maximum atomic E-state index is 12.9. The van der Waals surface area contributed by atoms with E-state index in [1.165, 1.54) is 11.8 Å². The molecule has 1 aromatic heterocycles. The number of carbonyl (C=O) groups is 2. The Kier molecular flexibility index (Phi) is 4.19. The fraction of sp³-hybridized carbons (Fsp3) is 0.333. The van der Waals surface area contributed by atoms with Crippen LogP contribution in [0.2, 0.25) is 0 Å². The number of hydrogen-bond donors (Lipinski definition) is 1. The Morgan fingerprint density at radius 1 is 1.17 bits per heavy atom. The lowest BCUT2D eigenvalue weighted by Gasteiger charge is -2.27. The number of carbonyl (C=O) groups excluding carboxylic acids is 2. The van der Waals surface area contributed by atoms with Crippen molar-refractivity contribution in [2.24, 2.45) is 5.92 Å². The fourth-order valence-electron chi connectivity index (χ4n) is 2.87. The van der Waals surface area contributed by atoms with E-state index in [-0.39, 0.29) is 23.5 Å². The lowest BCUT2D eigenvalue weighted by Crippen LogP contribution is -2.51. The predicted molar refractivity (Wildman–Crippen MR) is 87.3 cm³/mol. The molecule has 0 saturated heterocycles. The van der Waals surface area contributed by atoms with Crippen molar-refractivity contribution in [2.45, 2.75) is 26.3 Å². The van der Waals surface area contributed by atoms with Crippen LogP contribution in [0.4, 0.5) is 5.69 Å². The third-order valence-corrected chi connectivity index (χ3v) is 4.12. The Bertz CT molecular complexity index is 707. The first-order chi connectivity index (χ1) is 11.1. The Balaban J connectivity index is 1.79. The molecule has 2 amide bonds. The van der Waals surface area contributed by atoms with Gasteiger partial charge in [-0.3, -0.25) is 9.59 Å². The predicted octanol–water partition coefficient (Wildman–Crippen LogP) is 2.62.